The topological polar surface area (TPSA) is 155 Å². The summed E-state index contributed by atoms with van der Waals surface area (Å²) in [5, 5.41) is 9.85. The standard InChI is InChI=1S/C64H117O11P/c1-4-7-10-13-16-19-22-25-28-30-33-36-39-42-45-48-51-54-63(67)74-60(56-65)58-72-76(69,70)73-59-61(57-71-62(66)53-50-47-44-41-38-35-32-27-24-21-18-15-12-9-6-3)75-64(68)55-52-49-46-43-40-37-34-31-29-26-23-20-17-14-11-8-5-2/h8,11,17,20,26-27,29,32,60-61,65H,4-7,9-10,12-16,18-19,21-25,28,30-31,33-59H2,1-3H3,(H,69,70)/b11-8-,20-17-,29-26-,32-27-. The lowest BCUT2D eigenvalue weighted by atomic mass is 10.0. The van der Waals surface area contributed by atoms with E-state index in [-0.39, 0.29) is 25.9 Å². The molecule has 11 nitrogen and oxygen atoms in total. The van der Waals surface area contributed by atoms with Crippen LogP contribution < -0.4 is 0 Å². The van der Waals surface area contributed by atoms with Gasteiger partial charge in [0.2, 0.25) is 0 Å². The van der Waals surface area contributed by atoms with Crippen LogP contribution in [0.4, 0.5) is 0 Å². The Morgan fingerprint density at radius 1 is 0.382 bits per heavy atom. The molecule has 0 aliphatic carbocycles. The van der Waals surface area contributed by atoms with Gasteiger partial charge in [-0.05, 0) is 77.0 Å². The molecule has 0 aliphatic rings. The molecule has 0 rings (SSSR count). The fourth-order valence-corrected chi connectivity index (χ4v) is 9.74. The first kappa shape index (κ1) is 73.4. The van der Waals surface area contributed by atoms with Crippen molar-refractivity contribution in [3.63, 3.8) is 0 Å². The molecule has 0 fully saturated rings. The summed E-state index contributed by atoms with van der Waals surface area (Å²) in [7, 11) is -4.75. The Labute approximate surface area is 466 Å². The maximum atomic E-state index is 12.9. The van der Waals surface area contributed by atoms with Crippen LogP contribution in [0.3, 0.4) is 0 Å². The Balaban J connectivity index is 4.68. The smallest absolute Gasteiger partial charge is 0.462 e. The second-order valence-corrected chi connectivity index (χ2v) is 22.7. The first-order chi connectivity index (χ1) is 37.2. The van der Waals surface area contributed by atoms with Gasteiger partial charge >= 0.3 is 25.7 Å². The average Bonchev–Trinajstić information content (AvgIpc) is 3.41. The minimum Gasteiger partial charge on any atom is -0.462 e. The number of hydrogen-bond donors (Lipinski definition) is 2. The highest BCUT2D eigenvalue weighted by molar-refractivity contribution is 7.47. The molecule has 76 heavy (non-hydrogen) atoms. The molecular weight excluding hydrogens is 976 g/mol. The van der Waals surface area contributed by atoms with Gasteiger partial charge in [-0.2, -0.15) is 0 Å². The van der Waals surface area contributed by atoms with Gasteiger partial charge in [-0.1, -0.05) is 256 Å². The minimum atomic E-state index is -4.75. The largest absolute Gasteiger partial charge is 0.472 e. The van der Waals surface area contributed by atoms with E-state index in [0.29, 0.717) is 19.3 Å². The summed E-state index contributed by atoms with van der Waals surface area (Å²) in [5.74, 6) is -1.47. The molecule has 0 amide bonds. The van der Waals surface area contributed by atoms with E-state index in [9.17, 15) is 28.9 Å². The number of phosphoric ester groups is 1. The molecule has 3 atom stereocenters. The molecule has 0 heterocycles. The van der Waals surface area contributed by atoms with Crippen molar-refractivity contribution in [3.8, 4) is 0 Å². The van der Waals surface area contributed by atoms with Crippen molar-refractivity contribution < 1.29 is 52.2 Å². The van der Waals surface area contributed by atoms with Crippen LogP contribution in [0.2, 0.25) is 0 Å². The fraction of sp³-hybridized carbons (Fsp3) is 0.828. The number of aliphatic hydroxyl groups excluding tert-OH is 1. The number of aliphatic hydroxyl groups is 1. The maximum absolute atomic E-state index is 12.9. The minimum absolute atomic E-state index is 0.157. The van der Waals surface area contributed by atoms with Crippen LogP contribution in [0.1, 0.15) is 303 Å². The van der Waals surface area contributed by atoms with E-state index in [0.717, 1.165) is 116 Å². The monoisotopic (exact) mass is 1090 g/mol. The second-order valence-electron chi connectivity index (χ2n) is 21.2. The summed E-state index contributed by atoms with van der Waals surface area (Å²) < 4.78 is 39.6. The van der Waals surface area contributed by atoms with Crippen LogP contribution in [0.15, 0.2) is 48.6 Å². The van der Waals surface area contributed by atoms with Crippen molar-refractivity contribution in [1.82, 2.24) is 0 Å². The van der Waals surface area contributed by atoms with Crippen molar-refractivity contribution in [3.05, 3.63) is 48.6 Å². The molecule has 0 aromatic rings. The Hall–Kier alpha value is -2.56. The molecule has 0 spiro atoms. The number of carbonyl (C=O) groups is 3. The number of ether oxygens (including phenoxy) is 3. The molecular formula is C64H117O11P. The van der Waals surface area contributed by atoms with Crippen molar-refractivity contribution in [2.75, 3.05) is 26.4 Å². The predicted molar refractivity (Wildman–Crippen MR) is 316 cm³/mol. The van der Waals surface area contributed by atoms with Crippen LogP contribution in [-0.2, 0) is 42.2 Å². The lowest BCUT2D eigenvalue weighted by Gasteiger charge is -2.21. The van der Waals surface area contributed by atoms with Crippen LogP contribution in [0.5, 0.6) is 0 Å². The lowest BCUT2D eigenvalue weighted by Crippen LogP contribution is -2.30. The fourth-order valence-electron chi connectivity index (χ4n) is 8.96. The normalized spacial score (nSPS) is 13.6. The van der Waals surface area contributed by atoms with Gasteiger partial charge in [0.1, 0.15) is 12.7 Å². The third kappa shape index (κ3) is 56.2. The van der Waals surface area contributed by atoms with Crippen molar-refractivity contribution in [2.45, 2.75) is 315 Å². The number of hydrogen-bond acceptors (Lipinski definition) is 10. The number of allylic oxidation sites excluding steroid dienone is 8. The molecule has 0 aromatic heterocycles. The molecule has 0 radical (unpaired) electrons. The van der Waals surface area contributed by atoms with Crippen LogP contribution in [0.25, 0.3) is 0 Å². The highest BCUT2D eigenvalue weighted by Crippen LogP contribution is 2.43. The van der Waals surface area contributed by atoms with Crippen LogP contribution in [-0.4, -0.2) is 66.5 Å². The van der Waals surface area contributed by atoms with Gasteiger partial charge in [0.15, 0.2) is 6.10 Å². The number of rotatable bonds is 59. The molecule has 444 valence electrons. The lowest BCUT2D eigenvalue weighted by molar-refractivity contribution is -0.161. The predicted octanol–water partition coefficient (Wildman–Crippen LogP) is 18.9. The second kappa shape index (κ2) is 58.6. The van der Waals surface area contributed by atoms with Gasteiger partial charge in [-0.15, -0.1) is 0 Å². The van der Waals surface area contributed by atoms with E-state index in [1.807, 2.05) is 0 Å². The zero-order chi connectivity index (χ0) is 55.5. The van der Waals surface area contributed by atoms with E-state index in [4.69, 9.17) is 23.3 Å². The van der Waals surface area contributed by atoms with Crippen molar-refractivity contribution in [1.29, 1.82) is 0 Å². The highest BCUT2D eigenvalue weighted by atomic mass is 31.2. The zero-order valence-electron chi connectivity index (χ0n) is 49.2. The van der Waals surface area contributed by atoms with Crippen LogP contribution >= 0.6 is 7.82 Å². The summed E-state index contributed by atoms with van der Waals surface area (Å²) in [6.45, 7) is 4.57. The third-order valence-electron chi connectivity index (χ3n) is 13.7. The summed E-state index contributed by atoms with van der Waals surface area (Å²) in [6, 6.07) is 0. The van der Waals surface area contributed by atoms with E-state index in [1.165, 1.54) is 128 Å². The molecule has 2 N–H and O–H groups in total. The van der Waals surface area contributed by atoms with Crippen molar-refractivity contribution in [2.24, 2.45) is 0 Å². The van der Waals surface area contributed by atoms with Gasteiger partial charge in [-0.3, -0.25) is 23.4 Å². The van der Waals surface area contributed by atoms with E-state index in [1.54, 1.807) is 0 Å². The van der Waals surface area contributed by atoms with E-state index >= 15 is 0 Å². The number of phosphoric acid groups is 1. The van der Waals surface area contributed by atoms with Gasteiger partial charge < -0.3 is 24.2 Å². The summed E-state index contributed by atoms with van der Waals surface area (Å²) >= 11 is 0. The Morgan fingerprint density at radius 2 is 0.684 bits per heavy atom. The average molecular weight is 1090 g/mol. The molecule has 0 aromatic carbocycles. The summed E-state index contributed by atoms with van der Waals surface area (Å²) in [5.41, 5.74) is 0. The summed E-state index contributed by atoms with van der Waals surface area (Å²) in [4.78, 5) is 48.7. The summed E-state index contributed by atoms with van der Waals surface area (Å²) in [6.07, 6.45) is 63.4. The van der Waals surface area contributed by atoms with Crippen LogP contribution in [0, 0.1) is 0 Å². The SMILES string of the molecule is CC/C=C\C/C=C\C/C=C\CCCCCCCCCC(=O)OC(COC(=O)CCCCCCC/C=C\CCCCCCCC)COP(=O)(O)OCC(CO)OC(=O)CCCCCCCCCCCCCCCCCCC. The van der Waals surface area contributed by atoms with Gasteiger partial charge in [0.25, 0.3) is 0 Å². The molecule has 12 heteroatoms. The van der Waals surface area contributed by atoms with E-state index < -0.39 is 57.8 Å². The maximum Gasteiger partial charge on any atom is 0.472 e. The number of carbonyl (C=O) groups excluding carboxylic acids is 3. The van der Waals surface area contributed by atoms with Gasteiger partial charge in [0.05, 0.1) is 19.8 Å². The Kier molecular flexibility index (Phi) is 56.6. The third-order valence-corrected chi connectivity index (χ3v) is 14.7. The van der Waals surface area contributed by atoms with Gasteiger partial charge in [0, 0.05) is 19.3 Å². The quantitative estimate of drug-likeness (QED) is 0.0197. The molecule has 0 bridgehead atoms. The first-order valence-electron chi connectivity index (χ1n) is 31.5. The molecule has 0 saturated heterocycles. The highest BCUT2D eigenvalue weighted by Gasteiger charge is 2.28. The molecule has 0 aliphatic heterocycles. The Bertz CT molecular complexity index is 1460. The van der Waals surface area contributed by atoms with Crippen molar-refractivity contribution >= 4 is 25.7 Å². The Morgan fingerprint density at radius 3 is 1.07 bits per heavy atom. The number of esters is 3. The first-order valence-corrected chi connectivity index (χ1v) is 33.0. The molecule has 3 unspecified atom stereocenters. The number of unbranched alkanes of at least 4 members (excludes halogenated alkanes) is 34. The molecule has 0 saturated carbocycles. The van der Waals surface area contributed by atoms with E-state index in [2.05, 4.69) is 69.4 Å². The zero-order valence-corrected chi connectivity index (χ0v) is 50.1. The van der Waals surface area contributed by atoms with Gasteiger partial charge in [-0.25, -0.2) is 4.57 Å².